The number of benzene rings is 1. The zero-order chi connectivity index (χ0) is 19.3. The fraction of sp³-hybridized carbons (Fsp3) is 0.632. The van der Waals surface area contributed by atoms with Gasteiger partial charge >= 0.3 is 0 Å². The number of likely N-dealkylation sites (N-methyl/N-ethyl adjacent to an activating group) is 1. The highest BCUT2D eigenvalue weighted by Gasteiger charge is 2.33. The molecule has 2 atom stereocenters. The smallest absolute Gasteiger partial charge is 0.224 e. The van der Waals surface area contributed by atoms with Crippen molar-refractivity contribution in [2.24, 2.45) is 0 Å². The van der Waals surface area contributed by atoms with Crippen LogP contribution in [-0.4, -0.2) is 76.1 Å². The van der Waals surface area contributed by atoms with Gasteiger partial charge in [-0.25, -0.2) is 13.1 Å². The minimum Gasteiger partial charge on any atom is -0.378 e. The first-order valence-electron chi connectivity index (χ1n) is 9.53. The Hall–Kier alpha value is -1.48. The average molecular weight is 396 g/mol. The van der Waals surface area contributed by atoms with Crippen LogP contribution in [0.2, 0.25) is 0 Å². The molecule has 7 nitrogen and oxygen atoms in total. The lowest BCUT2D eigenvalue weighted by molar-refractivity contribution is -0.136. The second-order valence-electron chi connectivity index (χ2n) is 7.34. The van der Waals surface area contributed by atoms with E-state index >= 15 is 0 Å². The normalized spacial score (nSPS) is 24.3. The van der Waals surface area contributed by atoms with Gasteiger partial charge in [-0.2, -0.15) is 0 Å². The summed E-state index contributed by atoms with van der Waals surface area (Å²) in [6.07, 6.45) is 2.30. The number of morpholine rings is 1. The van der Waals surface area contributed by atoms with Gasteiger partial charge in [-0.15, -0.1) is 0 Å². The highest BCUT2D eigenvalue weighted by Crippen LogP contribution is 2.25. The third-order valence-corrected chi connectivity index (χ3v) is 6.82. The van der Waals surface area contributed by atoms with E-state index < -0.39 is 10.0 Å². The molecule has 8 heteroatoms. The molecule has 150 valence electrons. The first kappa shape index (κ1) is 20.3. The topological polar surface area (TPSA) is 79.0 Å². The zero-order valence-corrected chi connectivity index (χ0v) is 16.7. The van der Waals surface area contributed by atoms with Crippen molar-refractivity contribution >= 4 is 15.9 Å². The number of carbonyl (C=O) groups excluding carboxylic acids is 1. The van der Waals surface area contributed by atoms with E-state index in [1.54, 1.807) is 0 Å². The zero-order valence-electron chi connectivity index (χ0n) is 15.8. The Morgan fingerprint density at radius 2 is 1.81 bits per heavy atom. The molecule has 0 radical (unpaired) electrons. The predicted molar refractivity (Wildman–Crippen MR) is 104 cm³/mol. The predicted octanol–water partition coefficient (Wildman–Crippen LogP) is 0.818. The maximum atomic E-state index is 12.5. The number of hydrogen-bond acceptors (Lipinski definition) is 5. The molecule has 1 amide bonds. The average Bonchev–Trinajstić information content (AvgIpc) is 3.01. The Balaban J connectivity index is 1.46. The molecule has 0 bridgehead atoms. The van der Waals surface area contributed by atoms with Crippen LogP contribution in [0.3, 0.4) is 0 Å². The Morgan fingerprint density at radius 3 is 2.52 bits per heavy atom. The quantitative estimate of drug-likeness (QED) is 0.739. The van der Waals surface area contributed by atoms with Crippen LogP contribution >= 0.6 is 0 Å². The molecule has 2 fully saturated rings. The second kappa shape index (κ2) is 9.14. The van der Waals surface area contributed by atoms with E-state index in [1.165, 1.54) is 0 Å². The lowest BCUT2D eigenvalue weighted by atomic mass is 10.1. The number of amides is 1. The van der Waals surface area contributed by atoms with E-state index in [-0.39, 0.29) is 23.7 Å². The summed E-state index contributed by atoms with van der Waals surface area (Å²) >= 11 is 0. The van der Waals surface area contributed by atoms with Gasteiger partial charge in [0.1, 0.15) is 0 Å². The molecule has 0 saturated carbocycles. The first-order chi connectivity index (χ1) is 12.9. The maximum Gasteiger partial charge on any atom is 0.224 e. The van der Waals surface area contributed by atoms with E-state index in [0.717, 1.165) is 18.4 Å². The third-order valence-electron chi connectivity index (χ3n) is 5.50. The van der Waals surface area contributed by atoms with Gasteiger partial charge in [0.2, 0.25) is 15.9 Å². The molecule has 27 heavy (non-hydrogen) atoms. The summed E-state index contributed by atoms with van der Waals surface area (Å²) in [6, 6.07) is 9.47. The van der Waals surface area contributed by atoms with Crippen molar-refractivity contribution < 1.29 is 17.9 Å². The molecular weight excluding hydrogens is 366 g/mol. The summed E-state index contributed by atoms with van der Waals surface area (Å²) in [4.78, 5) is 16.5. The van der Waals surface area contributed by atoms with Crippen LogP contribution in [0.4, 0.5) is 0 Å². The lowest BCUT2D eigenvalue weighted by Gasteiger charge is -2.30. The van der Waals surface area contributed by atoms with Crippen molar-refractivity contribution in [3.8, 4) is 0 Å². The lowest BCUT2D eigenvalue weighted by Crippen LogP contribution is -2.45. The second-order valence-corrected chi connectivity index (χ2v) is 9.15. The molecule has 1 aromatic carbocycles. The number of likely N-dealkylation sites (tertiary alicyclic amines) is 1. The van der Waals surface area contributed by atoms with E-state index in [4.69, 9.17) is 4.74 Å². The molecule has 3 rings (SSSR count). The summed E-state index contributed by atoms with van der Waals surface area (Å²) in [5.41, 5.74) is 0.777. The molecule has 2 saturated heterocycles. The number of ether oxygens (including phenoxy) is 1. The highest BCUT2D eigenvalue weighted by atomic mass is 32.2. The van der Waals surface area contributed by atoms with Crippen LogP contribution in [0.15, 0.2) is 30.3 Å². The summed E-state index contributed by atoms with van der Waals surface area (Å²) < 4.78 is 32.7. The van der Waals surface area contributed by atoms with Crippen LogP contribution in [0.25, 0.3) is 0 Å². The summed E-state index contributed by atoms with van der Waals surface area (Å²) in [7, 11) is -1.38. The number of hydrogen-bond donors (Lipinski definition) is 1. The molecule has 1 N–H and O–H groups in total. The van der Waals surface area contributed by atoms with E-state index in [9.17, 15) is 13.2 Å². The molecule has 2 heterocycles. The van der Waals surface area contributed by atoms with Crippen molar-refractivity contribution in [2.75, 3.05) is 39.9 Å². The molecule has 0 aromatic heterocycles. The van der Waals surface area contributed by atoms with Crippen LogP contribution < -0.4 is 4.72 Å². The molecule has 2 aliphatic rings. The van der Waals surface area contributed by atoms with Gasteiger partial charge in [-0.3, -0.25) is 9.69 Å². The fourth-order valence-electron chi connectivity index (χ4n) is 3.79. The van der Waals surface area contributed by atoms with Crippen molar-refractivity contribution in [1.29, 1.82) is 0 Å². The van der Waals surface area contributed by atoms with Gasteiger partial charge in [-0.05, 0) is 25.5 Å². The van der Waals surface area contributed by atoms with Crippen molar-refractivity contribution in [2.45, 2.75) is 37.1 Å². The van der Waals surface area contributed by atoms with E-state index in [1.807, 2.05) is 42.3 Å². The minimum atomic E-state index is -3.37. The number of rotatable bonds is 7. The number of nitrogens with zero attached hydrogens (tertiary/aromatic N) is 2. The largest absolute Gasteiger partial charge is 0.378 e. The van der Waals surface area contributed by atoms with Crippen molar-refractivity contribution in [3.05, 3.63) is 35.9 Å². The van der Waals surface area contributed by atoms with E-state index in [2.05, 4.69) is 9.62 Å². The van der Waals surface area contributed by atoms with Crippen molar-refractivity contribution in [3.63, 3.8) is 0 Å². The standard InChI is InChI=1S/C19H29N3O4S/c1-21-17(13-19(23)22-9-11-26-12-10-22)7-8-18(21)14-20-27(24,25)15-16-5-3-2-4-6-16/h2-6,17-18,20H,7-15H2,1H3/t17-,18+/m1/s1. The maximum absolute atomic E-state index is 12.5. The SMILES string of the molecule is CN1[C@@H](CC(=O)N2CCOCC2)CC[C@H]1CNS(=O)(=O)Cc1ccccc1. The molecule has 0 aliphatic carbocycles. The molecular formula is C19H29N3O4S. The van der Waals surface area contributed by atoms with Crippen LogP contribution in [-0.2, 0) is 25.3 Å². The molecule has 0 spiro atoms. The number of carbonyl (C=O) groups is 1. The Kier molecular flexibility index (Phi) is 6.86. The fourth-order valence-corrected chi connectivity index (χ4v) is 4.97. The Bertz CT molecular complexity index is 720. The van der Waals surface area contributed by atoms with Gasteiger partial charge in [0.25, 0.3) is 0 Å². The van der Waals surface area contributed by atoms with Gasteiger partial charge in [-0.1, -0.05) is 30.3 Å². The molecule has 2 aliphatic heterocycles. The summed E-state index contributed by atoms with van der Waals surface area (Å²) in [6.45, 7) is 2.93. The van der Waals surface area contributed by atoms with Crippen LogP contribution in [0.5, 0.6) is 0 Å². The van der Waals surface area contributed by atoms with Gasteiger partial charge in [0.15, 0.2) is 0 Å². The van der Waals surface area contributed by atoms with Gasteiger partial charge < -0.3 is 9.64 Å². The van der Waals surface area contributed by atoms with Crippen LogP contribution in [0, 0.1) is 0 Å². The molecule has 0 unspecified atom stereocenters. The first-order valence-corrected chi connectivity index (χ1v) is 11.2. The summed E-state index contributed by atoms with van der Waals surface area (Å²) in [5, 5.41) is 0. The Labute approximate surface area is 161 Å². The van der Waals surface area contributed by atoms with Crippen LogP contribution in [0.1, 0.15) is 24.8 Å². The molecule has 1 aromatic rings. The number of sulfonamides is 1. The van der Waals surface area contributed by atoms with Gasteiger partial charge in [0.05, 0.1) is 19.0 Å². The minimum absolute atomic E-state index is 0.0107. The summed E-state index contributed by atoms with van der Waals surface area (Å²) in [5.74, 6) is 0.156. The number of nitrogens with one attached hydrogen (secondary N) is 1. The highest BCUT2D eigenvalue weighted by molar-refractivity contribution is 7.88. The van der Waals surface area contributed by atoms with Gasteiger partial charge in [0, 0.05) is 38.1 Å². The Morgan fingerprint density at radius 1 is 1.15 bits per heavy atom. The third kappa shape index (κ3) is 5.75. The van der Waals surface area contributed by atoms with E-state index in [0.29, 0.717) is 39.3 Å². The monoisotopic (exact) mass is 395 g/mol. The van der Waals surface area contributed by atoms with Crippen molar-refractivity contribution in [1.82, 2.24) is 14.5 Å².